The van der Waals surface area contributed by atoms with Crippen molar-refractivity contribution in [1.29, 1.82) is 0 Å². The van der Waals surface area contributed by atoms with E-state index >= 15 is 0 Å². The predicted octanol–water partition coefficient (Wildman–Crippen LogP) is 2.57. The number of aromatic nitrogens is 4. The van der Waals surface area contributed by atoms with Crippen molar-refractivity contribution in [2.45, 2.75) is 18.9 Å². The van der Waals surface area contributed by atoms with Crippen molar-refractivity contribution >= 4 is 5.91 Å². The number of amides is 1. The highest BCUT2D eigenvalue weighted by Gasteiger charge is 2.27. The molecule has 0 unspecified atom stereocenters. The SMILES string of the molecule is COc1nccc(OC2CCN(C(=O)c3cc(-c4ccccc4)nn3C)CC2)n1. The minimum Gasteiger partial charge on any atom is -0.474 e. The van der Waals surface area contributed by atoms with Crippen LogP contribution in [0.3, 0.4) is 0 Å². The van der Waals surface area contributed by atoms with Gasteiger partial charge < -0.3 is 14.4 Å². The predicted molar refractivity (Wildman–Crippen MR) is 107 cm³/mol. The standard InChI is InChI=1S/C21H23N5O3/c1-25-18(14-17(24-25)15-6-4-3-5-7-15)20(27)26-12-9-16(10-13-26)29-19-8-11-22-21(23-19)28-2/h3-8,11,14,16H,9-10,12-13H2,1-2H3. The van der Waals surface area contributed by atoms with E-state index in [0.717, 1.165) is 24.1 Å². The van der Waals surface area contributed by atoms with Crippen molar-refractivity contribution in [1.82, 2.24) is 24.6 Å². The number of nitrogens with zero attached hydrogens (tertiary/aromatic N) is 5. The first-order valence-corrected chi connectivity index (χ1v) is 9.56. The molecular weight excluding hydrogens is 370 g/mol. The Morgan fingerprint density at radius 3 is 2.62 bits per heavy atom. The lowest BCUT2D eigenvalue weighted by atomic mass is 10.1. The Kier molecular flexibility index (Phi) is 5.41. The molecular formula is C21H23N5O3. The summed E-state index contributed by atoms with van der Waals surface area (Å²) in [7, 11) is 3.32. The number of aryl methyl sites for hydroxylation is 1. The molecule has 3 heterocycles. The Balaban J connectivity index is 1.38. The third-order valence-corrected chi connectivity index (χ3v) is 4.98. The van der Waals surface area contributed by atoms with E-state index in [-0.39, 0.29) is 18.0 Å². The second-order valence-electron chi connectivity index (χ2n) is 6.90. The van der Waals surface area contributed by atoms with E-state index in [9.17, 15) is 4.79 Å². The van der Waals surface area contributed by atoms with Crippen LogP contribution in [-0.4, -0.2) is 56.9 Å². The Morgan fingerprint density at radius 1 is 1.14 bits per heavy atom. The largest absolute Gasteiger partial charge is 0.474 e. The van der Waals surface area contributed by atoms with Gasteiger partial charge in [0.2, 0.25) is 5.88 Å². The average molecular weight is 393 g/mol. The van der Waals surface area contributed by atoms with Gasteiger partial charge in [0.05, 0.1) is 12.8 Å². The van der Waals surface area contributed by atoms with Crippen molar-refractivity contribution in [3.05, 3.63) is 54.4 Å². The van der Waals surface area contributed by atoms with Gasteiger partial charge >= 0.3 is 6.01 Å². The summed E-state index contributed by atoms with van der Waals surface area (Å²) in [5, 5.41) is 4.50. The smallest absolute Gasteiger partial charge is 0.319 e. The molecule has 1 aliphatic rings. The molecule has 0 N–H and O–H groups in total. The first-order chi connectivity index (χ1) is 14.1. The minimum atomic E-state index is -0.00987. The molecule has 0 spiro atoms. The van der Waals surface area contributed by atoms with Crippen LogP contribution < -0.4 is 9.47 Å². The summed E-state index contributed by atoms with van der Waals surface area (Å²) in [6.07, 6.45) is 3.08. The molecule has 1 fully saturated rings. The van der Waals surface area contributed by atoms with Crippen LogP contribution in [0.1, 0.15) is 23.3 Å². The maximum atomic E-state index is 13.0. The zero-order valence-electron chi connectivity index (χ0n) is 16.5. The molecule has 3 aromatic rings. The van der Waals surface area contributed by atoms with E-state index in [4.69, 9.17) is 9.47 Å². The molecule has 29 heavy (non-hydrogen) atoms. The lowest BCUT2D eigenvalue weighted by molar-refractivity contribution is 0.0577. The number of likely N-dealkylation sites (tertiary alicyclic amines) is 1. The van der Waals surface area contributed by atoms with E-state index in [1.807, 2.05) is 41.3 Å². The summed E-state index contributed by atoms with van der Waals surface area (Å²) in [4.78, 5) is 23.0. The number of benzene rings is 1. The van der Waals surface area contributed by atoms with Crippen LogP contribution in [0.4, 0.5) is 0 Å². The topological polar surface area (TPSA) is 82.4 Å². The zero-order chi connectivity index (χ0) is 20.2. The van der Waals surface area contributed by atoms with Gasteiger partial charge in [-0.05, 0) is 6.07 Å². The second kappa shape index (κ2) is 8.30. The number of ether oxygens (including phenoxy) is 2. The summed E-state index contributed by atoms with van der Waals surface area (Å²) >= 11 is 0. The van der Waals surface area contributed by atoms with Gasteiger partial charge in [-0.3, -0.25) is 9.48 Å². The van der Waals surface area contributed by atoms with Crippen LogP contribution in [0, 0.1) is 0 Å². The quantitative estimate of drug-likeness (QED) is 0.663. The summed E-state index contributed by atoms with van der Waals surface area (Å²) < 4.78 is 12.6. The van der Waals surface area contributed by atoms with Crippen LogP contribution in [0.5, 0.6) is 11.9 Å². The summed E-state index contributed by atoms with van der Waals surface area (Å²) in [6, 6.07) is 13.7. The highest BCUT2D eigenvalue weighted by atomic mass is 16.5. The van der Waals surface area contributed by atoms with Gasteiger partial charge in [-0.25, -0.2) is 4.98 Å². The van der Waals surface area contributed by atoms with Crippen LogP contribution in [0.15, 0.2) is 48.7 Å². The molecule has 1 saturated heterocycles. The molecule has 1 aliphatic heterocycles. The molecule has 1 amide bonds. The molecule has 0 saturated carbocycles. The molecule has 4 rings (SSSR count). The fourth-order valence-electron chi connectivity index (χ4n) is 3.42. The molecule has 0 atom stereocenters. The van der Waals surface area contributed by atoms with Crippen molar-refractivity contribution < 1.29 is 14.3 Å². The van der Waals surface area contributed by atoms with E-state index < -0.39 is 0 Å². The highest BCUT2D eigenvalue weighted by molar-refractivity contribution is 5.93. The first-order valence-electron chi connectivity index (χ1n) is 9.56. The van der Waals surface area contributed by atoms with Crippen LogP contribution in [-0.2, 0) is 7.05 Å². The van der Waals surface area contributed by atoms with Crippen LogP contribution >= 0.6 is 0 Å². The lowest BCUT2D eigenvalue weighted by Gasteiger charge is -2.31. The van der Waals surface area contributed by atoms with Gasteiger partial charge in [0, 0.05) is 50.8 Å². The number of rotatable bonds is 5. The number of piperidine rings is 1. The highest BCUT2D eigenvalue weighted by Crippen LogP contribution is 2.22. The zero-order valence-corrected chi connectivity index (χ0v) is 16.5. The maximum Gasteiger partial charge on any atom is 0.319 e. The Labute approximate surface area is 169 Å². The molecule has 8 nitrogen and oxygen atoms in total. The van der Waals surface area contributed by atoms with Crippen LogP contribution in [0.25, 0.3) is 11.3 Å². The maximum absolute atomic E-state index is 13.0. The molecule has 0 aliphatic carbocycles. The number of carbonyl (C=O) groups excluding carboxylic acids is 1. The average Bonchev–Trinajstić information content (AvgIpc) is 3.16. The third kappa shape index (κ3) is 4.21. The molecule has 8 heteroatoms. The molecule has 150 valence electrons. The Morgan fingerprint density at radius 2 is 1.90 bits per heavy atom. The minimum absolute atomic E-state index is 0.00470. The fraction of sp³-hybridized carbons (Fsp3) is 0.333. The molecule has 0 radical (unpaired) electrons. The van der Waals surface area contributed by atoms with Crippen molar-refractivity contribution in [2.24, 2.45) is 7.05 Å². The van der Waals surface area contributed by atoms with Gasteiger partial charge in [-0.1, -0.05) is 30.3 Å². The van der Waals surface area contributed by atoms with Gasteiger partial charge in [-0.15, -0.1) is 0 Å². The third-order valence-electron chi connectivity index (χ3n) is 4.98. The summed E-state index contributed by atoms with van der Waals surface area (Å²) in [5.74, 6) is 0.477. The number of hydrogen-bond acceptors (Lipinski definition) is 6. The van der Waals surface area contributed by atoms with Crippen molar-refractivity contribution in [2.75, 3.05) is 20.2 Å². The van der Waals surface area contributed by atoms with E-state index in [0.29, 0.717) is 24.7 Å². The van der Waals surface area contributed by atoms with E-state index in [2.05, 4.69) is 15.1 Å². The molecule has 1 aromatic carbocycles. The van der Waals surface area contributed by atoms with Gasteiger partial charge in [0.25, 0.3) is 5.91 Å². The van der Waals surface area contributed by atoms with Crippen molar-refractivity contribution in [3.8, 4) is 23.1 Å². The van der Waals surface area contributed by atoms with Crippen molar-refractivity contribution in [3.63, 3.8) is 0 Å². The lowest BCUT2D eigenvalue weighted by Crippen LogP contribution is -2.42. The number of hydrogen-bond donors (Lipinski definition) is 0. The normalized spacial score (nSPS) is 14.6. The van der Waals surface area contributed by atoms with Crippen LogP contribution in [0.2, 0.25) is 0 Å². The monoisotopic (exact) mass is 393 g/mol. The number of carbonyl (C=O) groups is 1. The molecule has 0 bridgehead atoms. The van der Waals surface area contributed by atoms with E-state index in [1.165, 1.54) is 7.11 Å². The number of methoxy groups -OCH3 is 1. The van der Waals surface area contributed by atoms with Gasteiger partial charge in [-0.2, -0.15) is 10.1 Å². The fourth-order valence-corrected chi connectivity index (χ4v) is 3.42. The second-order valence-corrected chi connectivity index (χ2v) is 6.90. The van der Waals surface area contributed by atoms with E-state index in [1.54, 1.807) is 24.0 Å². The Hall–Kier alpha value is -3.42. The van der Waals surface area contributed by atoms with Gasteiger partial charge in [0.15, 0.2) is 0 Å². The summed E-state index contributed by atoms with van der Waals surface area (Å²) in [5.41, 5.74) is 2.38. The van der Waals surface area contributed by atoms with Gasteiger partial charge in [0.1, 0.15) is 11.8 Å². The Bertz CT molecular complexity index is 981. The first kappa shape index (κ1) is 18.9. The molecule has 2 aromatic heterocycles. The summed E-state index contributed by atoms with van der Waals surface area (Å²) in [6.45, 7) is 1.25.